The summed E-state index contributed by atoms with van der Waals surface area (Å²) >= 11 is 1.21. The van der Waals surface area contributed by atoms with Gasteiger partial charge in [0.1, 0.15) is 5.52 Å². The molecule has 0 aliphatic rings. The van der Waals surface area contributed by atoms with E-state index in [1.54, 1.807) is 0 Å². The molecule has 7 nitrogen and oxygen atoms in total. The zero-order valence-corrected chi connectivity index (χ0v) is 17.5. The second-order valence-electron chi connectivity index (χ2n) is 6.84. The van der Waals surface area contributed by atoms with Crippen LogP contribution < -0.4 is 5.32 Å². The lowest BCUT2D eigenvalue weighted by Gasteiger charge is -2.15. The third kappa shape index (κ3) is 4.82. The van der Waals surface area contributed by atoms with Gasteiger partial charge in [0.15, 0.2) is 11.4 Å². The highest BCUT2D eigenvalue weighted by atomic mass is 32.2. The third-order valence-corrected chi connectivity index (χ3v) is 5.51. The summed E-state index contributed by atoms with van der Waals surface area (Å²) in [6, 6.07) is 7.50. The predicted octanol–water partition coefficient (Wildman–Crippen LogP) is 3.52. The number of hydrogen-bond acceptors (Lipinski definition) is 6. The van der Waals surface area contributed by atoms with E-state index >= 15 is 0 Å². The zero-order valence-electron chi connectivity index (χ0n) is 16.7. The summed E-state index contributed by atoms with van der Waals surface area (Å²) in [5, 5.41) is 12.7. The summed E-state index contributed by atoms with van der Waals surface area (Å²) in [6.07, 6.45) is 4.35. The van der Waals surface area contributed by atoms with Crippen molar-refractivity contribution in [2.45, 2.75) is 50.9 Å². The number of thioether (sulfide) groups is 1. The number of hydrogen-bond donors (Lipinski definition) is 1. The maximum atomic E-state index is 12.3. The zero-order chi connectivity index (χ0) is 20.8. The highest BCUT2D eigenvalue weighted by Gasteiger charge is 2.18. The van der Waals surface area contributed by atoms with E-state index in [0.29, 0.717) is 23.8 Å². The van der Waals surface area contributed by atoms with E-state index in [-0.39, 0.29) is 17.4 Å². The Hall–Kier alpha value is -2.74. The van der Waals surface area contributed by atoms with E-state index in [0.717, 1.165) is 29.3 Å². The lowest BCUT2D eigenvalue weighted by molar-refractivity contribution is -0.125. The van der Waals surface area contributed by atoms with Crippen LogP contribution in [-0.2, 0) is 16.1 Å². The number of ketones is 1. The molecule has 1 atom stereocenters. The molecule has 2 aromatic heterocycles. The van der Waals surface area contributed by atoms with Crippen molar-refractivity contribution in [1.82, 2.24) is 25.1 Å². The molecule has 0 spiro atoms. The molecule has 1 N–H and O–H groups in total. The number of nitrogens with one attached hydrogen (secondary N) is 1. The van der Waals surface area contributed by atoms with Crippen LogP contribution in [0, 0.1) is 0 Å². The SMILES string of the molecule is C=CCn1c2ccccc2c2nnc(SCC(=O)N[C@H](CCCC)C(C)=O)nc21. The number of nitrogens with zero attached hydrogens (tertiary/aromatic N) is 4. The van der Waals surface area contributed by atoms with Crippen LogP contribution in [0.2, 0.25) is 0 Å². The fraction of sp³-hybridized carbons (Fsp3) is 0.381. The quantitative estimate of drug-likeness (QED) is 0.405. The summed E-state index contributed by atoms with van der Waals surface area (Å²) < 4.78 is 2.03. The Morgan fingerprint density at radius 2 is 2.10 bits per heavy atom. The number of carbonyl (C=O) groups is 2. The number of Topliss-reactive ketones (excluding diaryl/α,β-unsaturated/α-hetero) is 1. The van der Waals surface area contributed by atoms with Gasteiger partial charge in [-0.1, -0.05) is 55.8 Å². The van der Waals surface area contributed by atoms with Gasteiger partial charge in [-0.05, 0) is 19.4 Å². The van der Waals surface area contributed by atoms with Crippen molar-refractivity contribution >= 4 is 45.5 Å². The first-order valence-corrected chi connectivity index (χ1v) is 10.7. The van der Waals surface area contributed by atoms with Crippen LogP contribution in [0.1, 0.15) is 33.1 Å². The third-order valence-electron chi connectivity index (χ3n) is 4.67. The Morgan fingerprint density at radius 1 is 1.31 bits per heavy atom. The van der Waals surface area contributed by atoms with Crippen molar-refractivity contribution in [1.29, 1.82) is 0 Å². The minimum Gasteiger partial charge on any atom is -0.346 e. The van der Waals surface area contributed by atoms with Gasteiger partial charge in [-0.3, -0.25) is 9.59 Å². The normalized spacial score (nSPS) is 12.2. The molecule has 0 saturated heterocycles. The number of aromatic nitrogens is 4. The van der Waals surface area contributed by atoms with Gasteiger partial charge in [0.25, 0.3) is 0 Å². The van der Waals surface area contributed by atoms with Crippen molar-refractivity contribution in [3.05, 3.63) is 36.9 Å². The summed E-state index contributed by atoms with van der Waals surface area (Å²) in [4.78, 5) is 28.6. The Balaban J connectivity index is 1.76. The maximum Gasteiger partial charge on any atom is 0.231 e. The van der Waals surface area contributed by atoms with Crippen molar-refractivity contribution in [2.75, 3.05) is 5.75 Å². The van der Waals surface area contributed by atoms with Crippen LogP contribution in [0.4, 0.5) is 0 Å². The number of fused-ring (bicyclic) bond motifs is 3. The van der Waals surface area contributed by atoms with Gasteiger partial charge in [0.2, 0.25) is 11.1 Å². The van der Waals surface area contributed by atoms with Crippen LogP contribution in [0.5, 0.6) is 0 Å². The molecule has 29 heavy (non-hydrogen) atoms. The van der Waals surface area contributed by atoms with Crippen molar-refractivity contribution < 1.29 is 9.59 Å². The maximum absolute atomic E-state index is 12.3. The van der Waals surface area contributed by atoms with E-state index < -0.39 is 6.04 Å². The molecule has 0 aliphatic heterocycles. The van der Waals surface area contributed by atoms with Crippen LogP contribution in [0.15, 0.2) is 42.1 Å². The largest absolute Gasteiger partial charge is 0.346 e. The number of para-hydroxylation sites is 1. The summed E-state index contributed by atoms with van der Waals surface area (Å²) in [5.41, 5.74) is 2.46. The number of allylic oxidation sites excluding steroid dienone is 1. The lowest BCUT2D eigenvalue weighted by atomic mass is 10.1. The molecule has 0 bridgehead atoms. The first-order valence-electron chi connectivity index (χ1n) is 9.70. The molecule has 8 heteroatoms. The molecule has 0 radical (unpaired) electrons. The first kappa shape index (κ1) is 21.0. The second kappa shape index (κ2) is 9.65. The minimum absolute atomic E-state index is 0.0231. The van der Waals surface area contributed by atoms with Crippen LogP contribution in [0.25, 0.3) is 22.1 Å². The van der Waals surface area contributed by atoms with Gasteiger partial charge in [-0.25, -0.2) is 4.98 Å². The van der Waals surface area contributed by atoms with E-state index in [1.807, 2.05) is 34.9 Å². The smallest absolute Gasteiger partial charge is 0.231 e. The van der Waals surface area contributed by atoms with Gasteiger partial charge in [-0.15, -0.1) is 16.8 Å². The van der Waals surface area contributed by atoms with Gasteiger partial charge < -0.3 is 9.88 Å². The number of carbonyl (C=O) groups excluding carboxylic acids is 2. The molecular formula is C21H25N5O2S. The highest BCUT2D eigenvalue weighted by Crippen LogP contribution is 2.27. The molecule has 152 valence electrons. The summed E-state index contributed by atoms with van der Waals surface area (Å²) in [7, 11) is 0. The highest BCUT2D eigenvalue weighted by molar-refractivity contribution is 7.99. The van der Waals surface area contributed by atoms with E-state index in [2.05, 4.69) is 34.0 Å². The molecule has 1 aromatic carbocycles. The van der Waals surface area contributed by atoms with Crippen LogP contribution in [0.3, 0.4) is 0 Å². The summed E-state index contributed by atoms with van der Waals surface area (Å²) in [5.74, 6) is -0.100. The van der Waals surface area contributed by atoms with Crippen molar-refractivity contribution in [2.24, 2.45) is 0 Å². The van der Waals surface area contributed by atoms with Gasteiger partial charge in [0, 0.05) is 11.9 Å². The average molecular weight is 412 g/mol. The van der Waals surface area contributed by atoms with E-state index in [4.69, 9.17) is 0 Å². The first-order chi connectivity index (χ1) is 14.0. The van der Waals surface area contributed by atoms with Gasteiger partial charge >= 0.3 is 0 Å². The molecule has 0 fully saturated rings. The monoisotopic (exact) mass is 411 g/mol. The lowest BCUT2D eigenvalue weighted by Crippen LogP contribution is -2.40. The number of unbranched alkanes of at least 4 members (excludes halogenated alkanes) is 1. The Kier molecular flexibility index (Phi) is 6.98. The standard InChI is InChI=1S/C21H25N5O2S/c1-4-6-10-16(14(3)27)22-18(28)13-29-21-23-20-19(24-25-21)15-9-7-8-11-17(15)26(20)12-5-2/h5,7-9,11,16H,2,4,6,10,12-13H2,1,3H3,(H,22,28)/t16-/m1/s1. The molecule has 0 saturated carbocycles. The second-order valence-corrected chi connectivity index (χ2v) is 7.79. The van der Waals surface area contributed by atoms with E-state index in [1.165, 1.54) is 18.7 Å². The molecule has 0 unspecified atom stereocenters. The predicted molar refractivity (Wildman–Crippen MR) is 116 cm³/mol. The number of benzene rings is 1. The Labute approximate surface area is 174 Å². The molecule has 1 amide bonds. The number of amides is 1. The van der Waals surface area contributed by atoms with Gasteiger partial charge in [0.05, 0.1) is 17.3 Å². The average Bonchev–Trinajstić information content (AvgIpc) is 3.03. The van der Waals surface area contributed by atoms with Crippen molar-refractivity contribution in [3.8, 4) is 0 Å². The molecule has 3 aromatic rings. The fourth-order valence-electron chi connectivity index (χ4n) is 3.22. The minimum atomic E-state index is -0.431. The number of rotatable bonds is 10. The Bertz CT molecular complexity index is 1050. The molecular weight excluding hydrogens is 386 g/mol. The molecule has 3 rings (SSSR count). The van der Waals surface area contributed by atoms with Gasteiger partial charge in [-0.2, -0.15) is 0 Å². The topological polar surface area (TPSA) is 89.8 Å². The fourth-order valence-corrected chi connectivity index (χ4v) is 3.81. The molecule has 0 aliphatic carbocycles. The molecule has 2 heterocycles. The van der Waals surface area contributed by atoms with Crippen LogP contribution >= 0.6 is 11.8 Å². The van der Waals surface area contributed by atoms with Crippen LogP contribution in [-0.4, -0.2) is 43.2 Å². The van der Waals surface area contributed by atoms with E-state index in [9.17, 15) is 9.59 Å². The van der Waals surface area contributed by atoms with Crippen molar-refractivity contribution in [3.63, 3.8) is 0 Å². The Morgan fingerprint density at radius 3 is 2.83 bits per heavy atom. The summed E-state index contributed by atoms with van der Waals surface area (Å²) in [6.45, 7) is 7.99.